The van der Waals surface area contributed by atoms with Gasteiger partial charge in [0.1, 0.15) is 0 Å². The number of carboxylic acids is 1. The van der Waals surface area contributed by atoms with Gasteiger partial charge in [-0.3, -0.25) is 19.3 Å². The Morgan fingerprint density at radius 1 is 1.25 bits per heavy atom. The topological polar surface area (TPSA) is 74.7 Å². The highest BCUT2D eigenvalue weighted by atomic mass is 16.4. The van der Waals surface area contributed by atoms with Crippen LogP contribution >= 0.6 is 0 Å². The van der Waals surface area contributed by atoms with E-state index in [9.17, 15) is 14.4 Å². The van der Waals surface area contributed by atoms with E-state index in [1.54, 1.807) is 6.07 Å². The molecule has 1 aromatic rings. The Kier molecular flexibility index (Phi) is 3.70. The van der Waals surface area contributed by atoms with E-state index in [0.717, 1.165) is 21.6 Å². The number of carbonyl (C=O) groups excluding carboxylic acids is 2. The van der Waals surface area contributed by atoms with Crippen LogP contribution in [-0.4, -0.2) is 34.3 Å². The predicted molar refractivity (Wildman–Crippen MR) is 72.9 cm³/mol. The molecule has 0 spiro atoms. The van der Waals surface area contributed by atoms with Crippen LogP contribution in [-0.2, 0) is 14.4 Å². The molecule has 0 saturated carbocycles. The molecule has 20 heavy (non-hydrogen) atoms. The third kappa shape index (κ3) is 2.47. The van der Waals surface area contributed by atoms with Gasteiger partial charge in [0.15, 0.2) is 0 Å². The standard InChI is InChI=1S/C15H15NO4/c1-9-4-3-5-11(10(9)2)12-8-13(17)16(15(12)20)7-6-14(18)19/h3-5,8H,6-7H2,1-2H3,(H,18,19). The smallest absolute Gasteiger partial charge is 0.305 e. The summed E-state index contributed by atoms with van der Waals surface area (Å²) in [4.78, 5) is 35.6. The summed E-state index contributed by atoms with van der Waals surface area (Å²) in [6.07, 6.45) is 1.04. The molecule has 2 rings (SSSR count). The summed E-state index contributed by atoms with van der Waals surface area (Å²) in [6, 6.07) is 5.55. The normalized spacial score (nSPS) is 14.7. The molecule has 1 aliphatic rings. The first-order valence-electron chi connectivity index (χ1n) is 6.27. The van der Waals surface area contributed by atoms with Crippen LogP contribution in [0.4, 0.5) is 0 Å². The zero-order valence-corrected chi connectivity index (χ0v) is 11.3. The molecule has 1 aliphatic heterocycles. The minimum absolute atomic E-state index is 0.0993. The van der Waals surface area contributed by atoms with Crippen molar-refractivity contribution in [1.29, 1.82) is 0 Å². The third-order valence-electron chi connectivity index (χ3n) is 3.45. The molecule has 1 N–H and O–H groups in total. The molecule has 0 bridgehead atoms. The molecule has 2 amide bonds. The maximum absolute atomic E-state index is 12.2. The summed E-state index contributed by atoms with van der Waals surface area (Å²) in [5.74, 6) is -1.91. The molecule has 0 unspecified atom stereocenters. The lowest BCUT2D eigenvalue weighted by molar-refractivity contribution is -0.139. The highest BCUT2D eigenvalue weighted by molar-refractivity contribution is 6.33. The Morgan fingerprint density at radius 2 is 1.95 bits per heavy atom. The molecule has 0 fully saturated rings. The molecule has 0 aliphatic carbocycles. The lowest BCUT2D eigenvalue weighted by Gasteiger charge is -2.14. The lowest BCUT2D eigenvalue weighted by Crippen LogP contribution is -2.32. The number of carboxylic acid groups (broad SMARTS) is 1. The fraction of sp³-hybridized carbons (Fsp3) is 0.267. The fourth-order valence-corrected chi connectivity index (χ4v) is 2.16. The van der Waals surface area contributed by atoms with E-state index in [-0.39, 0.29) is 13.0 Å². The highest BCUT2D eigenvalue weighted by Crippen LogP contribution is 2.27. The average molecular weight is 273 g/mol. The van der Waals surface area contributed by atoms with Gasteiger partial charge in [0.05, 0.1) is 12.0 Å². The molecule has 5 heteroatoms. The van der Waals surface area contributed by atoms with E-state index in [1.807, 2.05) is 26.0 Å². The SMILES string of the molecule is Cc1cccc(C2=CC(=O)N(CCC(=O)O)C2=O)c1C. The van der Waals surface area contributed by atoms with Gasteiger partial charge in [-0.25, -0.2) is 0 Å². The largest absolute Gasteiger partial charge is 0.481 e. The second-order valence-electron chi connectivity index (χ2n) is 4.74. The van der Waals surface area contributed by atoms with Gasteiger partial charge in [0, 0.05) is 12.6 Å². The van der Waals surface area contributed by atoms with E-state index < -0.39 is 17.8 Å². The van der Waals surface area contributed by atoms with Crippen LogP contribution in [0, 0.1) is 13.8 Å². The van der Waals surface area contributed by atoms with Crippen molar-refractivity contribution in [3.63, 3.8) is 0 Å². The van der Waals surface area contributed by atoms with Crippen molar-refractivity contribution >= 4 is 23.4 Å². The number of benzene rings is 1. The third-order valence-corrected chi connectivity index (χ3v) is 3.45. The van der Waals surface area contributed by atoms with E-state index in [4.69, 9.17) is 5.11 Å². The van der Waals surface area contributed by atoms with Crippen LogP contribution in [0.25, 0.3) is 5.57 Å². The number of carbonyl (C=O) groups is 3. The Labute approximate surface area is 116 Å². The van der Waals surface area contributed by atoms with Crippen molar-refractivity contribution in [1.82, 2.24) is 4.90 Å². The summed E-state index contributed by atoms with van der Waals surface area (Å²) in [5.41, 5.74) is 3.04. The Morgan fingerprint density at radius 3 is 2.60 bits per heavy atom. The molecule has 1 heterocycles. The number of aliphatic carboxylic acids is 1. The number of nitrogens with zero attached hydrogens (tertiary/aromatic N) is 1. The first-order valence-corrected chi connectivity index (χ1v) is 6.27. The van der Waals surface area contributed by atoms with Gasteiger partial charge in [0.25, 0.3) is 11.8 Å². The monoisotopic (exact) mass is 273 g/mol. The summed E-state index contributed by atoms with van der Waals surface area (Å²) in [6.45, 7) is 3.73. The first kappa shape index (κ1) is 14.0. The van der Waals surface area contributed by atoms with Gasteiger partial charge < -0.3 is 5.11 Å². The summed E-state index contributed by atoms with van der Waals surface area (Å²) < 4.78 is 0. The van der Waals surface area contributed by atoms with E-state index >= 15 is 0 Å². The Balaban J connectivity index is 2.29. The van der Waals surface area contributed by atoms with Crippen molar-refractivity contribution < 1.29 is 19.5 Å². The average Bonchev–Trinajstić information content (AvgIpc) is 2.66. The van der Waals surface area contributed by atoms with Gasteiger partial charge in [0.2, 0.25) is 0 Å². The Hall–Kier alpha value is -2.43. The molecule has 104 valence electrons. The van der Waals surface area contributed by atoms with Crippen LogP contribution in [0.1, 0.15) is 23.1 Å². The van der Waals surface area contributed by atoms with Gasteiger partial charge in [-0.05, 0) is 30.5 Å². The van der Waals surface area contributed by atoms with Crippen molar-refractivity contribution in [2.24, 2.45) is 0 Å². The van der Waals surface area contributed by atoms with Gasteiger partial charge >= 0.3 is 5.97 Å². The minimum atomic E-state index is -1.04. The second-order valence-corrected chi connectivity index (χ2v) is 4.74. The zero-order chi connectivity index (χ0) is 14.9. The van der Waals surface area contributed by atoms with Crippen LogP contribution in [0.2, 0.25) is 0 Å². The molecule has 0 radical (unpaired) electrons. The summed E-state index contributed by atoms with van der Waals surface area (Å²) >= 11 is 0. The number of rotatable bonds is 4. The molecule has 5 nitrogen and oxygen atoms in total. The van der Waals surface area contributed by atoms with Crippen LogP contribution < -0.4 is 0 Å². The highest BCUT2D eigenvalue weighted by Gasteiger charge is 2.32. The van der Waals surface area contributed by atoms with Gasteiger partial charge in [-0.2, -0.15) is 0 Å². The first-order chi connectivity index (χ1) is 9.41. The van der Waals surface area contributed by atoms with Gasteiger partial charge in [-0.1, -0.05) is 18.2 Å². The van der Waals surface area contributed by atoms with Crippen molar-refractivity contribution in [3.05, 3.63) is 41.0 Å². The lowest BCUT2D eigenvalue weighted by atomic mass is 9.97. The number of hydrogen-bond donors (Lipinski definition) is 1. The van der Waals surface area contributed by atoms with E-state index in [1.165, 1.54) is 6.08 Å². The van der Waals surface area contributed by atoms with Crippen molar-refractivity contribution in [3.8, 4) is 0 Å². The maximum Gasteiger partial charge on any atom is 0.305 e. The van der Waals surface area contributed by atoms with E-state index in [0.29, 0.717) is 5.57 Å². The maximum atomic E-state index is 12.2. The predicted octanol–water partition coefficient (Wildman–Crippen LogP) is 1.53. The summed E-state index contributed by atoms with van der Waals surface area (Å²) in [5, 5.41) is 8.64. The molecular weight excluding hydrogens is 258 g/mol. The van der Waals surface area contributed by atoms with Crippen LogP contribution in [0.5, 0.6) is 0 Å². The van der Waals surface area contributed by atoms with Crippen LogP contribution in [0.15, 0.2) is 24.3 Å². The second kappa shape index (κ2) is 5.28. The zero-order valence-electron chi connectivity index (χ0n) is 11.3. The van der Waals surface area contributed by atoms with Gasteiger partial charge in [-0.15, -0.1) is 0 Å². The quantitative estimate of drug-likeness (QED) is 0.844. The van der Waals surface area contributed by atoms with Crippen molar-refractivity contribution in [2.75, 3.05) is 6.54 Å². The molecular formula is C15H15NO4. The van der Waals surface area contributed by atoms with E-state index in [2.05, 4.69) is 0 Å². The number of aryl methyl sites for hydroxylation is 1. The molecule has 0 aromatic heterocycles. The summed E-state index contributed by atoms with van der Waals surface area (Å²) in [7, 11) is 0. The molecule has 1 aromatic carbocycles. The van der Waals surface area contributed by atoms with Crippen LogP contribution in [0.3, 0.4) is 0 Å². The fourth-order valence-electron chi connectivity index (χ4n) is 2.16. The minimum Gasteiger partial charge on any atom is -0.481 e. The Bertz CT molecular complexity index is 631. The number of amides is 2. The number of imide groups is 1. The molecule has 0 saturated heterocycles. The van der Waals surface area contributed by atoms with Crippen molar-refractivity contribution in [2.45, 2.75) is 20.3 Å². The number of hydrogen-bond acceptors (Lipinski definition) is 3. The molecule has 0 atom stereocenters.